The van der Waals surface area contributed by atoms with Gasteiger partial charge in [0.2, 0.25) is 70.9 Å². The Morgan fingerprint density at radius 1 is 0.298 bits per heavy atom. The van der Waals surface area contributed by atoms with Crippen molar-refractivity contribution in [1.29, 1.82) is 0 Å². The molecule has 0 aliphatic rings. The van der Waals surface area contributed by atoms with Crippen LogP contribution in [0, 0.1) is 35.5 Å². The minimum Gasteiger partial charge on any atom is -0.370 e. The van der Waals surface area contributed by atoms with Crippen LogP contribution in [0.25, 0.3) is 0 Å². The van der Waals surface area contributed by atoms with Crippen LogP contribution in [-0.2, 0) is 57.5 Å². The fourth-order valence-corrected chi connectivity index (χ4v) is 9.98. The lowest BCUT2D eigenvalue weighted by molar-refractivity contribution is -0.137. The molecule has 40 heteroatoms. The van der Waals surface area contributed by atoms with E-state index >= 15 is 0 Å². The fraction of sp³-hybridized carbons (Fsp3) is 0.734. The van der Waals surface area contributed by atoms with Crippen molar-refractivity contribution in [3.63, 3.8) is 0 Å². The van der Waals surface area contributed by atoms with Crippen molar-refractivity contribution in [3.05, 3.63) is 0 Å². The van der Waals surface area contributed by atoms with E-state index < -0.39 is 180 Å². The van der Waals surface area contributed by atoms with Crippen LogP contribution in [0.1, 0.15) is 161 Å². The monoisotopic (exact) mass is 1480 g/mol. The maximum Gasteiger partial charge on any atom is 0.245 e. The summed E-state index contributed by atoms with van der Waals surface area (Å²) in [4.78, 5) is 188. The standard InChI is InChI=1S/C64H124N28O12/c1-14-34(11)46(58(103)88-42(29-81-64(75)76)54(99)84-38(21-17-25-78-61(69)70)50(95)83-37(48(66)93)20-16-24-77-60(67)68)91-52(97)40(23-19-27-80-63(73)74)86-57(102)45(33(9)10)89-49(94)36(13)82-56(101)44(32(7)8)90-59(104)47(35(12)15-2)92-53(98)41(28-30(3)4)87-51(96)39(22-18-26-79-62(71)72)85-55(100)43(65)31(5)6/h30-47H,14-29,65H2,1-13H3,(H2,66,93)(H,82,101)(H,83,95)(H,84,99)(H,85,100)(H,86,102)(H,87,96)(H,88,103)(H,89,94)(H,90,104)(H,91,97)(H,92,98)(H4,67,68,77)(H4,69,70,78)(H4,71,72,79)(H4,73,74,80)(H4,75,76,81)/t34-,35-,36-,37-,38-,39-,40-,41-,42-,43-,44-,45-,46-,47-/m0/s1. The van der Waals surface area contributed by atoms with Crippen molar-refractivity contribution >= 4 is 101 Å². The Labute approximate surface area is 609 Å². The summed E-state index contributed by atoms with van der Waals surface area (Å²) in [6.45, 7) is 21.5. The number of amides is 12. The Balaban J connectivity index is 6.98. The predicted octanol–water partition coefficient (Wildman–Crippen LogP) is -7.25. The number of rotatable bonds is 50. The number of carbonyl (C=O) groups excluding carboxylic acids is 12. The number of primary amides is 1. The molecule has 14 atom stereocenters. The van der Waals surface area contributed by atoms with Crippen molar-refractivity contribution in [2.24, 2.45) is 129 Å². The fourth-order valence-electron chi connectivity index (χ4n) is 9.98. The molecule has 0 spiro atoms. The third-order valence-corrected chi connectivity index (χ3v) is 16.6. The van der Waals surface area contributed by atoms with Gasteiger partial charge in [-0.1, -0.05) is 95.9 Å². The molecule has 0 bridgehead atoms. The minimum absolute atomic E-state index is 0.0101. The Hall–Kier alpha value is -10.0. The van der Waals surface area contributed by atoms with Crippen LogP contribution in [0.5, 0.6) is 0 Å². The summed E-state index contributed by atoms with van der Waals surface area (Å²) in [6, 6.07) is -15.7. The maximum absolute atomic E-state index is 14.6. The highest BCUT2D eigenvalue weighted by atomic mass is 16.2. The van der Waals surface area contributed by atoms with Gasteiger partial charge in [-0.3, -0.25) is 82.5 Å². The van der Waals surface area contributed by atoms with E-state index in [0.717, 1.165) is 0 Å². The molecule has 0 saturated heterocycles. The van der Waals surface area contributed by atoms with E-state index in [1.54, 1.807) is 69.2 Å². The smallest absolute Gasteiger partial charge is 0.245 e. The molecular formula is C64H124N28O12. The third kappa shape index (κ3) is 37.2. The van der Waals surface area contributed by atoms with E-state index in [2.05, 4.69) is 83.4 Å². The SMILES string of the molecule is CC[C@H](C)[C@H](NC(=O)[C@H](CCCN=C(N)N)NC(=O)[C@@H](NC(=O)[C@H](C)NC(=O)[C@@H](NC(=O)[C@@H](NC(=O)[C@H](CC(C)C)NC(=O)[C@H](CCCN=C(N)N)NC(=O)[C@@H](N)C(C)C)[C@@H](C)CC)C(C)C)C(C)C)C(=O)N[C@@H](CN=C(N)N)C(=O)N[C@@H](CCCN=C(N)N)C(=O)N[C@@H](CCCN=C(N)N)C(N)=O. The molecule has 0 rings (SSSR count). The summed E-state index contributed by atoms with van der Waals surface area (Å²) in [6.07, 6.45) is 1.30. The quantitative estimate of drug-likeness (QED) is 0.0153. The second-order valence-electron chi connectivity index (χ2n) is 27.2. The van der Waals surface area contributed by atoms with Gasteiger partial charge in [0.1, 0.15) is 66.5 Å². The second-order valence-corrected chi connectivity index (χ2v) is 27.2. The van der Waals surface area contributed by atoms with Crippen molar-refractivity contribution in [3.8, 4) is 0 Å². The molecule has 104 heavy (non-hydrogen) atoms. The molecule has 592 valence electrons. The molecule has 0 aromatic rings. The lowest BCUT2D eigenvalue weighted by Gasteiger charge is -2.31. The van der Waals surface area contributed by atoms with E-state index in [1.807, 2.05) is 13.8 Å². The van der Waals surface area contributed by atoms with Crippen LogP contribution in [0.2, 0.25) is 0 Å². The van der Waals surface area contributed by atoms with E-state index in [1.165, 1.54) is 6.92 Å². The second kappa shape index (κ2) is 48.8. The average Bonchev–Trinajstić information content (AvgIpc) is 0.850. The summed E-state index contributed by atoms with van der Waals surface area (Å²) in [5.74, 6) is -14.1. The van der Waals surface area contributed by atoms with Crippen LogP contribution < -0.4 is 127 Å². The van der Waals surface area contributed by atoms with Crippen LogP contribution in [0.3, 0.4) is 0 Å². The number of nitrogens with two attached hydrogens (primary N) is 12. The molecule has 12 amide bonds. The summed E-state index contributed by atoms with van der Waals surface area (Å²) in [7, 11) is 0. The van der Waals surface area contributed by atoms with Crippen molar-refractivity contribution in [1.82, 2.24) is 58.5 Å². The van der Waals surface area contributed by atoms with Gasteiger partial charge in [-0.05, 0) is 100 Å². The van der Waals surface area contributed by atoms with Crippen LogP contribution >= 0.6 is 0 Å². The Morgan fingerprint density at radius 2 is 0.577 bits per heavy atom. The van der Waals surface area contributed by atoms with Gasteiger partial charge in [0.15, 0.2) is 29.8 Å². The van der Waals surface area contributed by atoms with Crippen LogP contribution in [-0.4, -0.2) is 206 Å². The van der Waals surface area contributed by atoms with E-state index in [0.29, 0.717) is 6.42 Å². The zero-order valence-corrected chi connectivity index (χ0v) is 62.8. The lowest BCUT2D eigenvalue weighted by Crippen LogP contribution is -2.62. The molecule has 35 N–H and O–H groups in total. The topological polar surface area (TPSA) is 711 Å². The number of aliphatic imine (C=N–C) groups is 5. The third-order valence-electron chi connectivity index (χ3n) is 16.6. The highest BCUT2D eigenvalue weighted by Gasteiger charge is 2.39. The number of nitrogens with one attached hydrogen (secondary N) is 11. The van der Waals surface area contributed by atoms with Gasteiger partial charge in [-0.2, -0.15) is 0 Å². The normalized spacial score (nSPS) is 15.2. The minimum atomic E-state index is -1.63. The highest BCUT2D eigenvalue weighted by Crippen LogP contribution is 2.16. The molecule has 0 heterocycles. The van der Waals surface area contributed by atoms with Crippen molar-refractivity contribution < 1.29 is 57.5 Å². The zero-order chi connectivity index (χ0) is 79.8. The first-order valence-electron chi connectivity index (χ1n) is 35.2. The molecule has 0 aromatic carbocycles. The molecule has 0 unspecified atom stereocenters. The first kappa shape index (κ1) is 93.9. The van der Waals surface area contributed by atoms with E-state index in [4.69, 9.17) is 68.8 Å². The summed E-state index contributed by atoms with van der Waals surface area (Å²) in [5, 5.41) is 29.2. The van der Waals surface area contributed by atoms with Gasteiger partial charge in [0.25, 0.3) is 0 Å². The van der Waals surface area contributed by atoms with Gasteiger partial charge in [-0.25, -0.2) is 0 Å². The molecule has 0 fully saturated rings. The van der Waals surface area contributed by atoms with Gasteiger partial charge in [0, 0.05) is 26.2 Å². The zero-order valence-electron chi connectivity index (χ0n) is 62.8. The first-order valence-corrected chi connectivity index (χ1v) is 35.2. The number of guanidine groups is 5. The first-order chi connectivity index (χ1) is 48.5. The maximum atomic E-state index is 14.6. The number of hydrogen-bond acceptors (Lipinski definition) is 18. The van der Waals surface area contributed by atoms with E-state index in [-0.39, 0.29) is 126 Å². The summed E-state index contributed by atoms with van der Waals surface area (Å²) in [5.41, 5.74) is 67.0. The van der Waals surface area contributed by atoms with Gasteiger partial charge in [0.05, 0.1) is 12.6 Å². The molecule has 0 radical (unpaired) electrons. The molecule has 0 aliphatic carbocycles. The molecule has 0 aliphatic heterocycles. The Bertz CT molecular complexity index is 2960. The van der Waals surface area contributed by atoms with Crippen LogP contribution in [0.4, 0.5) is 0 Å². The number of carbonyl (C=O) groups is 12. The van der Waals surface area contributed by atoms with Crippen molar-refractivity contribution in [2.75, 3.05) is 32.7 Å². The molecule has 0 aromatic heterocycles. The Morgan fingerprint density at radius 3 is 0.933 bits per heavy atom. The van der Waals surface area contributed by atoms with E-state index in [9.17, 15) is 57.5 Å². The predicted molar refractivity (Wildman–Crippen MR) is 397 cm³/mol. The molecule has 0 saturated carbocycles. The van der Waals surface area contributed by atoms with Crippen molar-refractivity contribution in [2.45, 2.75) is 233 Å². The lowest BCUT2D eigenvalue weighted by atomic mass is 9.95. The Kier molecular flexibility index (Phi) is 44.1. The van der Waals surface area contributed by atoms with Gasteiger partial charge >= 0.3 is 0 Å². The number of nitrogens with zero attached hydrogens (tertiary/aromatic N) is 5. The average molecular weight is 1480 g/mol. The highest BCUT2D eigenvalue weighted by molar-refractivity contribution is 6.00. The largest absolute Gasteiger partial charge is 0.370 e. The van der Waals surface area contributed by atoms with Gasteiger partial charge < -0.3 is 127 Å². The molecule has 40 nitrogen and oxygen atoms in total. The summed E-state index contributed by atoms with van der Waals surface area (Å²) >= 11 is 0. The van der Waals surface area contributed by atoms with Crippen LogP contribution in [0.15, 0.2) is 25.0 Å². The van der Waals surface area contributed by atoms with Gasteiger partial charge in [-0.15, -0.1) is 0 Å². The summed E-state index contributed by atoms with van der Waals surface area (Å²) < 4.78 is 0. The molecular weight excluding hydrogens is 1350 g/mol. The number of hydrogen-bond donors (Lipinski definition) is 23.